The van der Waals surface area contributed by atoms with E-state index >= 15 is 0 Å². The van der Waals surface area contributed by atoms with Crippen LogP contribution >= 0.6 is 0 Å². The second kappa shape index (κ2) is 10.9. The first-order chi connectivity index (χ1) is 14.9. The zero-order valence-corrected chi connectivity index (χ0v) is 19.4. The van der Waals surface area contributed by atoms with Crippen LogP contribution in [0.5, 0.6) is 0 Å². The Kier molecular flexibility index (Phi) is 8.22. The summed E-state index contributed by atoms with van der Waals surface area (Å²) in [5.74, 6) is 0.823. The Morgan fingerprint density at radius 3 is 2.65 bits per heavy atom. The van der Waals surface area contributed by atoms with E-state index in [1.54, 1.807) is 10.5 Å². The zero-order chi connectivity index (χ0) is 22.3. The molecule has 170 valence electrons. The van der Waals surface area contributed by atoms with Crippen molar-refractivity contribution in [2.45, 2.75) is 33.4 Å². The third kappa shape index (κ3) is 6.38. The number of hydrogen-bond acceptors (Lipinski definition) is 5. The highest BCUT2D eigenvalue weighted by Crippen LogP contribution is 2.17. The number of benzene rings is 1. The summed E-state index contributed by atoms with van der Waals surface area (Å²) in [6, 6.07) is 10.1. The molecule has 0 aliphatic carbocycles. The van der Waals surface area contributed by atoms with E-state index in [9.17, 15) is 8.42 Å². The molecule has 0 bridgehead atoms. The van der Waals surface area contributed by atoms with E-state index in [4.69, 9.17) is 9.73 Å². The molecule has 0 radical (unpaired) electrons. The standard InChI is InChI=1S/C22H33N5O3S/c1-4-23-22(25-17-20-8-5-7-19-9-6-10-24-21(19)20)26-11-13-27(14-12-26)31(28,29)16-15-30-18(2)3/h5-10,18H,4,11-17H2,1-3H3,(H,23,25). The minimum Gasteiger partial charge on any atom is -0.378 e. The van der Waals surface area contributed by atoms with Crippen LogP contribution < -0.4 is 5.32 Å². The van der Waals surface area contributed by atoms with E-state index in [-0.39, 0.29) is 18.5 Å². The molecule has 1 saturated heterocycles. The molecule has 2 heterocycles. The Morgan fingerprint density at radius 2 is 1.94 bits per heavy atom. The first kappa shape index (κ1) is 23.4. The van der Waals surface area contributed by atoms with Crippen molar-refractivity contribution in [1.82, 2.24) is 19.5 Å². The number of pyridine rings is 1. The van der Waals surface area contributed by atoms with Gasteiger partial charge in [-0.3, -0.25) is 4.98 Å². The summed E-state index contributed by atoms with van der Waals surface area (Å²) in [5.41, 5.74) is 2.03. The SMILES string of the molecule is CCNC(=NCc1cccc2cccnc12)N1CCN(S(=O)(=O)CCOC(C)C)CC1. The van der Waals surface area contributed by atoms with E-state index in [2.05, 4.69) is 15.2 Å². The molecule has 1 aromatic carbocycles. The zero-order valence-electron chi connectivity index (χ0n) is 18.6. The molecule has 8 nitrogen and oxygen atoms in total. The van der Waals surface area contributed by atoms with Crippen LogP contribution in [-0.2, 0) is 21.3 Å². The lowest BCUT2D eigenvalue weighted by Gasteiger charge is -2.36. The predicted molar refractivity (Wildman–Crippen MR) is 125 cm³/mol. The first-order valence-electron chi connectivity index (χ1n) is 10.9. The van der Waals surface area contributed by atoms with Gasteiger partial charge >= 0.3 is 0 Å². The summed E-state index contributed by atoms with van der Waals surface area (Å²) in [5, 5.41) is 4.44. The Bertz CT molecular complexity index is 980. The fraction of sp³-hybridized carbons (Fsp3) is 0.545. The summed E-state index contributed by atoms with van der Waals surface area (Å²) < 4.78 is 32.1. The number of nitrogens with zero attached hydrogens (tertiary/aromatic N) is 4. The second-order valence-electron chi connectivity index (χ2n) is 7.78. The number of hydrogen-bond donors (Lipinski definition) is 1. The number of para-hydroxylation sites is 1. The molecule has 1 aromatic heterocycles. The summed E-state index contributed by atoms with van der Waals surface area (Å²) in [6.45, 7) is 9.43. The monoisotopic (exact) mass is 447 g/mol. The Balaban J connectivity index is 1.63. The molecule has 0 amide bonds. The van der Waals surface area contributed by atoms with Gasteiger partial charge in [0.05, 0.1) is 30.5 Å². The van der Waals surface area contributed by atoms with Gasteiger partial charge in [0.2, 0.25) is 10.0 Å². The summed E-state index contributed by atoms with van der Waals surface area (Å²) in [6.07, 6.45) is 1.83. The summed E-state index contributed by atoms with van der Waals surface area (Å²) in [7, 11) is -3.31. The van der Waals surface area contributed by atoms with Gasteiger partial charge in [0.25, 0.3) is 0 Å². The predicted octanol–water partition coefficient (Wildman–Crippen LogP) is 2.07. The van der Waals surface area contributed by atoms with E-state index in [1.165, 1.54) is 0 Å². The fourth-order valence-electron chi connectivity index (χ4n) is 3.58. The van der Waals surface area contributed by atoms with Gasteiger partial charge in [0.15, 0.2) is 5.96 Å². The van der Waals surface area contributed by atoms with Gasteiger partial charge in [-0.1, -0.05) is 24.3 Å². The van der Waals surface area contributed by atoms with Crippen LogP contribution in [0.15, 0.2) is 41.5 Å². The molecule has 1 N–H and O–H groups in total. The van der Waals surface area contributed by atoms with Crippen LogP contribution in [0.3, 0.4) is 0 Å². The van der Waals surface area contributed by atoms with Crippen LogP contribution in [0, 0.1) is 0 Å². The number of ether oxygens (including phenoxy) is 1. The van der Waals surface area contributed by atoms with Crippen LogP contribution in [0.2, 0.25) is 0 Å². The largest absolute Gasteiger partial charge is 0.378 e. The molecule has 0 unspecified atom stereocenters. The molecule has 0 saturated carbocycles. The number of rotatable bonds is 8. The quantitative estimate of drug-likeness (QED) is 0.492. The molecule has 1 aliphatic rings. The molecule has 31 heavy (non-hydrogen) atoms. The Morgan fingerprint density at radius 1 is 1.19 bits per heavy atom. The van der Waals surface area contributed by atoms with Gasteiger partial charge in [0, 0.05) is 44.3 Å². The molecular formula is C22H33N5O3S. The fourth-order valence-corrected chi connectivity index (χ4v) is 4.86. The molecular weight excluding hydrogens is 414 g/mol. The number of piperazine rings is 1. The lowest BCUT2D eigenvalue weighted by atomic mass is 10.1. The van der Waals surface area contributed by atoms with E-state index < -0.39 is 10.0 Å². The summed E-state index contributed by atoms with van der Waals surface area (Å²) in [4.78, 5) is 11.4. The molecule has 0 atom stereocenters. The molecule has 2 aromatic rings. The molecule has 9 heteroatoms. The van der Waals surface area contributed by atoms with Crippen LogP contribution in [0.4, 0.5) is 0 Å². The van der Waals surface area contributed by atoms with Crippen LogP contribution in [-0.4, -0.2) is 79.8 Å². The van der Waals surface area contributed by atoms with Crippen LogP contribution in [0.25, 0.3) is 10.9 Å². The van der Waals surface area contributed by atoms with Crippen molar-refractivity contribution >= 4 is 26.9 Å². The van der Waals surface area contributed by atoms with Gasteiger partial charge in [-0.15, -0.1) is 0 Å². The highest BCUT2D eigenvalue weighted by Gasteiger charge is 2.28. The van der Waals surface area contributed by atoms with Crippen molar-refractivity contribution in [3.8, 4) is 0 Å². The second-order valence-corrected chi connectivity index (χ2v) is 9.87. The molecule has 1 fully saturated rings. The van der Waals surface area contributed by atoms with E-state index in [1.807, 2.05) is 51.1 Å². The van der Waals surface area contributed by atoms with Gasteiger partial charge in [0.1, 0.15) is 0 Å². The lowest BCUT2D eigenvalue weighted by Crippen LogP contribution is -2.54. The van der Waals surface area contributed by atoms with Crippen molar-refractivity contribution < 1.29 is 13.2 Å². The maximum Gasteiger partial charge on any atom is 0.216 e. The number of aliphatic imine (C=N–C) groups is 1. The van der Waals surface area contributed by atoms with Crippen molar-refractivity contribution in [3.05, 3.63) is 42.1 Å². The van der Waals surface area contributed by atoms with E-state index in [0.717, 1.165) is 29.0 Å². The minimum atomic E-state index is -3.31. The smallest absolute Gasteiger partial charge is 0.216 e. The van der Waals surface area contributed by atoms with Gasteiger partial charge < -0.3 is 15.0 Å². The van der Waals surface area contributed by atoms with E-state index in [0.29, 0.717) is 32.7 Å². The first-order valence-corrected chi connectivity index (χ1v) is 12.5. The average Bonchev–Trinajstić information content (AvgIpc) is 2.76. The maximum absolute atomic E-state index is 12.6. The average molecular weight is 448 g/mol. The normalized spacial score (nSPS) is 16.3. The molecule has 1 aliphatic heterocycles. The Labute approximate surface area is 185 Å². The van der Waals surface area contributed by atoms with Crippen molar-refractivity contribution in [2.75, 3.05) is 45.1 Å². The maximum atomic E-state index is 12.6. The van der Waals surface area contributed by atoms with Gasteiger partial charge in [-0.2, -0.15) is 4.31 Å². The third-order valence-electron chi connectivity index (χ3n) is 5.17. The number of fused-ring (bicyclic) bond motifs is 1. The number of sulfonamides is 1. The highest BCUT2D eigenvalue weighted by atomic mass is 32.2. The number of guanidine groups is 1. The number of aromatic nitrogens is 1. The van der Waals surface area contributed by atoms with Crippen molar-refractivity contribution in [2.24, 2.45) is 4.99 Å². The van der Waals surface area contributed by atoms with Crippen LogP contribution in [0.1, 0.15) is 26.3 Å². The third-order valence-corrected chi connectivity index (χ3v) is 7.01. The highest BCUT2D eigenvalue weighted by molar-refractivity contribution is 7.89. The lowest BCUT2D eigenvalue weighted by molar-refractivity contribution is 0.0904. The van der Waals surface area contributed by atoms with Gasteiger partial charge in [-0.05, 0) is 32.4 Å². The van der Waals surface area contributed by atoms with Gasteiger partial charge in [-0.25, -0.2) is 13.4 Å². The molecule has 0 spiro atoms. The Hall–Kier alpha value is -2.23. The number of nitrogens with one attached hydrogen (secondary N) is 1. The summed E-state index contributed by atoms with van der Waals surface area (Å²) >= 11 is 0. The minimum absolute atomic E-state index is 0.0212. The van der Waals surface area contributed by atoms with Crippen molar-refractivity contribution in [1.29, 1.82) is 0 Å². The topological polar surface area (TPSA) is 87.1 Å². The van der Waals surface area contributed by atoms with Crippen molar-refractivity contribution in [3.63, 3.8) is 0 Å². The molecule has 3 rings (SSSR count).